The van der Waals surface area contributed by atoms with Crippen molar-refractivity contribution in [2.45, 2.75) is 32.7 Å². The molecule has 2 heterocycles. The highest BCUT2D eigenvalue weighted by Crippen LogP contribution is 2.21. The third-order valence-electron chi connectivity index (χ3n) is 3.89. The van der Waals surface area contributed by atoms with Gasteiger partial charge in [0.05, 0.1) is 0 Å². The molecule has 4 heteroatoms. The summed E-state index contributed by atoms with van der Waals surface area (Å²) in [4.78, 5) is 18.7. The average Bonchev–Trinajstić information content (AvgIpc) is 2.77. The predicted molar refractivity (Wildman–Crippen MR) is 64.5 cm³/mol. The van der Waals surface area contributed by atoms with Gasteiger partial charge in [0.15, 0.2) is 0 Å². The molecule has 0 aromatic rings. The molecule has 0 radical (unpaired) electrons. The van der Waals surface area contributed by atoms with Crippen LogP contribution in [0.25, 0.3) is 0 Å². The molecule has 0 spiro atoms. The highest BCUT2D eigenvalue weighted by atomic mass is 16.2. The van der Waals surface area contributed by atoms with Gasteiger partial charge in [-0.05, 0) is 33.2 Å². The molecule has 0 aromatic heterocycles. The molecule has 1 unspecified atom stereocenters. The number of piperazine rings is 1. The van der Waals surface area contributed by atoms with Crippen LogP contribution in [0.4, 0.5) is 4.79 Å². The van der Waals surface area contributed by atoms with E-state index in [0.29, 0.717) is 6.04 Å². The second-order valence-electron chi connectivity index (χ2n) is 4.73. The fraction of sp³-hybridized carbons (Fsp3) is 0.917. The Morgan fingerprint density at radius 1 is 1.25 bits per heavy atom. The van der Waals surface area contributed by atoms with Crippen LogP contribution in [-0.2, 0) is 0 Å². The standard InChI is InChI=1S/C12H23N3O/c1-3-13(4-2)12(16)15-9-8-14-7-5-6-11(14)10-15/h11H,3-10H2,1-2H3. The van der Waals surface area contributed by atoms with Crippen molar-refractivity contribution in [2.75, 3.05) is 39.3 Å². The topological polar surface area (TPSA) is 26.8 Å². The van der Waals surface area contributed by atoms with E-state index in [1.807, 2.05) is 23.6 Å². The fourth-order valence-electron chi connectivity index (χ4n) is 2.86. The first-order valence-corrected chi connectivity index (χ1v) is 6.54. The summed E-state index contributed by atoms with van der Waals surface area (Å²) in [6.45, 7) is 9.89. The molecule has 0 bridgehead atoms. The molecule has 2 amide bonds. The number of carbonyl (C=O) groups excluding carboxylic acids is 1. The van der Waals surface area contributed by atoms with Gasteiger partial charge in [-0.1, -0.05) is 0 Å². The first-order chi connectivity index (χ1) is 7.76. The van der Waals surface area contributed by atoms with Gasteiger partial charge in [0.1, 0.15) is 0 Å². The van der Waals surface area contributed by atoms with E-state index in [9.17, 15) is 4.79 Å². The normalized spacial score (nSPS) is 25.6. The number of hydrogen-bond donors (Lipinski definition) is 0. The first-order valence-electron chi connectivity index (χ1n) is 6.54. The Hall–Kier alpha value is -0.770. The lowest BCUT2D eigenvalue weighted by molar-refractivity contribution is 0.0975. The average molecular weight is 225 g/mol. The minimum absolute atomic E-state index is 0.233. The van der Waals surface area contributed by atoms with E-state index < -0.39 is 0 Å². The molecule has 2 aliphatic rings. The molecule has 2 fully saturated rings. The van der Waals surface area contributed by atoms with Crippen molar-refractivity contribution in [1.29, 1.82) is 0 Å². The maximum absolute atomic E-state index is 12.2. The maximum atomic E-state index is 12.2. The number of fused-ring (bicyclic) bond motifs is 1. The lowest BCUT2D eigenvalue weighted by Crippen LogP contribution is -2.55. The van der Waals surface area contributed by atoms with Crippen molar-refractivity contribution >= 4 is 6.03 Å². The van der Waals surface area contributed by atoms with Crippen LogP contribution in [0.2, 0.25) is 0 Å². The smallest absolute Gasteiger partial charge is 0.320 e. The van der Waals surface area contributed by atoms with Crippen molar-refractivity contribution in [2.24, 2.45) is 0 Å². The van der Waals surface area contributed by atoms with Crippen LogP contribution in [0.1, 0.15) is 26.7 Å². The lowest BCUT2D eigenvalue weighted by atomic mass is 10.1. The van der Waals surface area contributed by atoms with E-state index in [1.54, 1.807) is 0 Å². The van der Waals surface area contributed by atoms with Gasteiger partial charge in [-0.2, -0.15) is 0 Å². The minimum atomic E-state index is 0.233. The van der Waals surface area contributed by atoms with E-state index in [0.717, 1.165) is 32.7 Å². The van der Waals surface area contributed by atoms with Gasteiger partial charge in [-0.15, -0.1) is 0 Å². The Bertz CT molecular complexity index is 253. The van der Waals surface area contributed by atoms with Gasteiger partial charge >= 0.3 is 6.03 Å². The molecule has 1 atom stereocenters. The molecule has 0 aliphatic carbocycles. The van der Waals surface area contributed by atoms with E-state index >= 15 is 0 Å². The largest absolute Gasteiger partial charge is 0.325 e. The Morgan fingerprint density at radius 2 is 2.00 bits per heavy atom. The van der Waals surface area contributed by atoms with Gasteiger partial charge < -0.3 is 9.80 Å². The Balaban J connectivity index is 1.92. The molecule has 16 heavy (non-hydrogen) atoms. The maximum Gasteiger partial charge on any atom is 0.320 e. The second-order valence-corrected chi connectivity index (χ2v) is 4.73. The summed E-state index contributed by atoms with van der Waals surface area (Å²) in [5.41, 5.74) is 0. The first kappa shape index (κ1) is 11.7. The number of nitrogens with zero attached hydrogens (tertiary/aromatic N) is 3. The van der Waals surface area contributed by atoms with Crippen molar-refractivity contribution in [3.05, 3.63) is 0 Å². The number of hydrogen-bond acceptors (Lipinski definition) is 2. The molecule has 4 nitrogen and oxygen atoms in total. The molecule has 0 aromatic carbocycles. The van der Waals surface area contributed by atoms with Crippen molar-refractivity contribution in [1.82, 2.24) is 14.7 Å². The van der Waals surface area contributed by atoms with E-state index in [2.05, 4.69) is 4.90 Å². The second kappa shape index (κ2) is 5.04. The van der Waals surface area contributed by atoms with Gasteiger partial charge in [0.2, 0.25) is 0 Å². The number of amides is 2. The SMILES string of the molecule is CCN(CC)C(=O)N1CCN2CCCC2C1. The van der Waals surface area contributed by atoms with Crippen LogP contribution in [0.3, 0.4) is 0 Å². The van der Waals surface area contributed by atoms with Crippen LogP contribution in [-0.4, -0.2) is 66.0 Å². The quantitative estimate of drug-likeness (QED) is 0.706. The summed E-state index contributed by atoms with van der Waals surface area (Å²) in [6, 6.07) is 0.866. The highest BCUT2D eigenvalue weighted by Gasteiger charge is 2.33. The third-order valence-corrected chi connectivity index (χ3v) is 3.89. The van der Waals surface area contributed by atoms with Gasteiger partial charge in [0.25, 0.3) is 0 Å². The zero-order valence-electron chi connectivity index (χ0n) is 10.5. The Morgan fingerprint density at radius 3 is 2.69 bits per heavy atom. The van der Waals surface area contributed by atoms with Gasteiger partial charge in [-0.3, -0.25) is 4.90 Å². The van der Waals surface area contributed by atoms with E-state index in [4.69, 9.17) is 0 Å². The minimum Gasteiger partial charge on any atom is -0.325 e. The van der Waals surface area contributed by atoms with Crippen LogP contribution in [0.5, 0.6) is 0 Å². The lowest BCUT2D eigenvalue weighted by Gasteiger charge is -2.39. The number of carbonyl (C=O) groups is 1. The molecule has 2 aliphatic heterocycles. The van der Waals surface area contributed by atoms with Crippen molar-refractivity contribution in [3.63, 3.8) is 0 Å². The summed E-state index contributed by atoms with van der Waals surface area (Å²) < 4.78 is 0. The summed E-state index contributed by atoms with van der Waals surface area (Å²) in [5, 5.41) is 0. The van der Waals surface area contributed by atoms with Crippen LogP contribution in [0, 0.1) is 0 Å². The molecular formula is C12H23N3O. The zero-order chi connectivity index (χ0) is 11.5. The molecular weight excluding hydrogens is 202 g/mol. The van der Waals surface area contributed by atoms with Crippen molar-refractivity contribution < 1.29 is 4.79 Å². The predicted octanol–water partition coefficient (Wildman–Crippen LogP) is 1.23. The monoisotopic (exact) mass is 225 g/mol. The molecule has 92 valence electrons. The molecule has 0 saturated carbocycles. The van der Waals surface area contributed by atoms with Crippen molar-refractivity contribution in [3.8, 4) is 0 Å². The molecule has 2 saturated heterocycles. The number of urea groups is 1. The summed E-state index contributed by atoms with van der Waals surface area (Å²) in [6.07, 6.45) is 2.57. The van der Waals surface area contributed by atoms with E-state index in [1.165, 1.54) is 19.4 Å². The van der Waals surface area contributed by atoms with E-state index in [-0.39, 0.29) is 6.03 Å². The third kappa shape index (κ3) is 2.17. The summed E-state index contributed by atoms with van der Waals surface area (Å²) in [7, 11) is 0. The summed E-state index contributed by atoms with van der Waals surface area (Å²) >= 11 is 0. The van der Waals surface area contributed by atoms with Crippen LogP contribution < -0.4 is 0 Å². The Kier molecular flexibility index (Phi) is 3.69. The van der Waals surface area contributed by atoms with Crippen LogP contribution >= 0.6 is 0 Å². The van der Waals surface area contributed by atoms with Crippen LogP contribution in [0.15, 0.2) is 0 Å². The molecule has 2 rings (SSSR count). The van der Waals surface area contributed by atoms with Gasteiger partial charge in [-0.25, -0.2) is 4.79 Å². The highest BCUT2D eigenvalue weighted by molar-refractivity contribution is 5.74. The summed E-state index contributed by atoms with van der Waals surface area (Å²) in [5.74, 6) is 0. The van der Waals surface area contributed by atoms with Gasteiger partial charge in [0, 0.05) is 38.8 Å². The fourth-order valence-corrected chi connectivity index (χ4v) is 2.86. The number of rotatable bonds is 2. The molecule has 0 N–H and O–H groups in total. The Labute approximate surface area is 98.2 Å². The zero-order valence-corrected chi connectivity index (χ0v) is 10.5.